The number of rotatable bonds is 2. The number of fused-ring (bicyclic) bond motifs is 9. The Balaban J connectivity index is 1.30. The maximum absolute atomic E-state index is 6.37. The van der Waals surface area contributed by atoms with Gasteiger partial charge < -0.3 is 8.98 Å². The van der Waals surface area contributed by atoms with Gasteiger partial charge in [0.15, 0.2) is 0 Å². The van der Waals surface area contributed by atoms with Crippen LogP contribution in [0.4, 0.5) is 0 Å². The van der Waals surface area contributed by atoms with Gasteiger partial charge >= 0.3 is 0 Å². The Kier molecular flexibility index (Phi) is 4.24. The van der Waals surface area contributed by atoms with E-state index in [9.17, 15) is 0 Å². The number of hydrogen-bond donors (Lipinski definition) is 0. The molecule has 0 atom stereocenters. The van der Waals surface area contributed by atoms with Gasteiger partial charge in [-0.15, -0.1) is 11.3 Å². The monoisotopic (exact) mass is 515 g/mol. The van der Waals surface area contributed by atoms with Crippen molar-refractivity contribution in [2.24, 2.45) is 0 Å². The van der Waals surface area contributed by atoms with Gasteiger partial charge in [0, 0.05) is 53.0 Å². The molecule has 0 N–H and O–H groups in total. The van der Waals surface area contributed by atoms with Crippen molar-refractivity contribution in [3.8, 4) is 16.8 Å². The van der Waals surface area contributed by atoms with E-state index in [1.165, 1.54) is 47.7 Å². The summed E-state index contributed by atoms with van der Waals surface area (Å²) in [6.45, 7) is 0. The van der Waals surface area contributed by atoms with Crippen molar-refractivity contribution in [3.05, 3.63) is 127 Å². The number of aromatic nitrogens is 1. The van der Waals surface area contributed by atoms with Crippen LogP contribution in [0.5, 0.6) is 0 Å². The number of nitrogens with zero attached hydrogens (tertiary/aromatic N) is 1. The van der Waals surface area contributed by atoms with Crippen molar-refractivity contribution < 1.29 is 4.42 Å². The summed E-state index contributed by atoms with van der Waals surface area (Å²) < 4.78 is 11.4. The quantitative estimate of drug-likeness (QED) is 0.224. The molecular formula is C36H21NOS. The molecule has 0 aliphatic carbocycles. The zero-order chi connectivity index (χ0) is 25.5. The predicted octanol–water partition coefficient (Wildman–Crippen LogP) is 10.7. The van der Waals surface area contributed by atoms with Crippen molar-refractivity contribution in [1.29, 1.82) is 0 Å². The van der Waals surface area contributed by atoms with Gasteiger partial charge in [-0.3, -0.25) is 0 Å². The first-order valence-electron chi connectivity index (χ1n) is 13.2. The van der Waals surface area contributed by atoms with Crippen LogP contribution in [0.3, 0.4) is 0 Å². The standard InChI is InChI=1S/C36H21NOS/c1-4-13-31-25(8-1)30-20-22(24-11-7-12-29-26-9-2-5-14-33(26)38-36(24)29)16-19-32(30)37(31)23-17-18-28-27-10-3-6-15-34(27)39-35(28)21-23/h1-21H. The lowest BCUT2D eigenvalue weighted by Crippen LogP contribution is -1.93. The molecule has 2 nitrogen and oxygen atoms in total. The van der Waals surface area contributed by atoms with Gasteiger partial charge in [-0.25, -0.2) is 0 Å². The molecule has 0 amide bonds. The van der Waals surface area contributed by atoms with Crippen molar-refractivity contribution >= 4 is 75.3 Å². The number of hydrogen-bond acceptors (Lipinski definition) is 2. The van der Waals surface area contributed by atoms with Gasteiger partial charge in [0.05, 0.1) is 11.0 Å². The van der Waals surface area contributed by atoms with E-state index in [-0.39, 0.29) is 0 Å². The molecule has 9 aromatic rings. The minimum absolute atomic E-state index is 0.925. The number of furan rings is 1. The van der Waals surface area contributed by atoms with Crippen LogP contribution in [-0.4, -0.2) is 4.57 Å². The van der Waals surface area contributed by atoms with Crippen molar-refractivity contribution in [3.63, 3.8) is 0 Å². The molecule has 3 aromatic heterocycles. The SMILES string of the molecule is c1ccc2c(c1)oc1c(-c3ccc4c(c3)c3ccccc3n4-c3ccc4c(c3)sc3ccccc34)cccc12. The fourth-order valence-electron chi connectivity index (χ4n) is 6.25. The summed E-state index contributed by atoms with van der Waals surface area (Å²) in [7, 11) is 0. The molecule has 0 spiro atoms. The largest absolute Gasteiger partial charge is 0.455 e. The maximum Gasteiger partial charge on any atom is 0.143 e. The Labute approximate surface area is 227 Å². The highest BCUT2D eigenvalue weighted by molar-refractivity contribution is 7.25. The Bertz CT molecular complexity index is 2400. The van der Waals surface area contributed by atoms with Crippen LogP contribution in [0.2, 0.25) is 0 Å². The van der Waals surface area contributed by atoms with E-state index in [1.807, 2.05) is 23.5 Å². The molecular weight excluding hydrogens is 494 g/mol. The Morgan fingerprint density at radius 1 is 0.487 bits per heavy atom. The molecule has 6 aromatic carbocycles. The first kappa shape index (κ1) is 21.1. The topological polar surface area (TPSA) is 18.1 Å². The maximum atomic E-state index is 6.37. The van der Waals surface area contributed by atoms with E-state index < -0.39 is 0 Å². The highest BCUT2D eigenvalue weighted by atomic mass is 32.1. The summed E-state index contributed by atoms with van der Waals surface area (Å²) in [6.07, 6.45) is 0. The molecule has 182 valence electrons. The van der Waals surface area contributed by atoms with E-state index in [4.69, 9.17) is 4.42 Å². The lowest BCUT2D eigenvalue weighted by Gasteiger charge is -2.09. The highest BCUT2D eigenvalue weighted by Crippen LogP contribution is 2.40. The van der Waals surface area contributed by atoms with Crippen LogP contribution in [0, 0.1) is 0 Å². The Hall–Kier alpha value is -4.86. The van der Waals surface area contributed by atoms with Crippen molar-refractivity contribution in [2.45, 2.75) is 0 Å². The molecule has 0 bridgehead atoms. The second-order valence-corrected chi connectivity index (χ2v) is 11.2. The molecule has 0 aliphatic heterocycles. The number of benzene rings is 6. The summed E-state index contributed by atoms with van der Waals surface area (Å²) in [5, 5.41) is 7.46. The minimum atomic E-state index is 0.925. The molecule has 0 fully saturated rings. The van der Waals surface area contributed by atoms with Gasteiger partial charge in [-0.05, 0) is 48.0 Å². The summed E-state index contributed by atoms with van der Waals surface area (Å²) in [5.41, 5.74) is 7.76. The minimum Gasteiger partial charge on any atom is -0.455 e. The molecule has 0 radical (unpaired) electrons. The first-order valence-corrected chi connectivity index (χ1v) is 14.0. The summed E-state index contributed by atoms with van der Waals surface area (Å²) in [6, 6.07) is 45.8. The Morgan fingerprint density at radius 2 is 1.23 bits per heavy atom. The van der Waals surface area contributed by atoms with Crippen molar-refractivity contribution in [1.82, 2.24) is 4.57 Å². The molecule has 9 rings (SSSR count). The molecule has 0 saturated carbocycles. The number of thiophene rings is 1. The second-order valence-electron chi connectivity index (χ2n) is 10.1. The van der Waals surface area contributed by atoms with Crippen LogP contribution in [0.15, 0.2) is 132 Å². The van der Waals surface area contributed by atoms with E-state index in [1.54, 1.807) is 0 Å². The Morgan fingerprint density at radius 3 is 2.18 bits per heavy atom. The second kappa shape index (κ2) is 7.83. The smallest absolute Gasteiger partial charge is 0.143 e. The van der Waals surface area contributed by atoms with Crippen LogP contribution in [0.1, 0.15) is 0 Å². The predicted molar refractivity (Wildman–Crippen MR) is 166 cm³/mol. The third kappa shape index (κ3) is 2.96. The third-order valence-corrected chi connectivity index (χ3v) is 9.14. The highest BCUT2D eigenvalue weighted by Gasteiger charge is 2.16. The fraction of sp³-hybridized carbons (Fsp3) is 0. The number of para-hydroxylation sites is 3. The van der Waals surface area contributed by atoms with Gasteiger partial charge in [0.1, 0.15) is 11.2 Å². The van der Waals surface area contributed by atoms with Gasteiger partial charge in [-0.1, -0.05) is 84.9 Å². The summed E-state index contributed by atoms with van der Waals surface area (Å²) >= 11 is 1.86. The lowest BCUT2D eigenvalue weighted by atomic mass is 10.0. The molecule has 0 aliphatic rings. The van der Waals surface area contributed by atoms with Crippen LogP contribution < -0.4 is 0 Å². The molecule has 39 heavy (non-hydrogen) atoms. The zero-order valence-electron chi connectivity index (χ0n) is 20.9. The van der Waals surface area contributed by atoms with Gasteiger partial charge in [0.25, 0.3) is 0 Å². The van der Waals surface area contributed by atoms with Crippen LogP contribution in [0.25, 0.3) is 80.7 Å². The normalized spacial score (nSPS) is 12.1. The molecule has 0 unspecified atom stereocenters. The zero-order valence-corrected chi connectivity index (χ0v) is 21.7. The van der Waals surface area contributed by atoms with E-state index >= 15 is 0 Å². The van der Waals surface area contributed by atoms with Crippen LogP contribution >= 0.6 is 11.3 Å². The average molecular weight is 516 g/mol. The molecule has 3 heteroatoms. The van der Waals surface area contributed by atoms with E-state index in [0.717, 1.165) is 33.1 Å². The fourth-order valence-corrected chi connectivity index (χ4v) is 7.39. The molecule has 0 saturated heterocycles. The summed E-state index contributed by atoms with van der Waals surface area (Å²) in [4.78, 5) is 0. The van der Waals surface area contributed by atoms with Crippen LogP contribution in [-0.2, 0) is 0 Å². The first-order chi connectivity index (χ1) is 19.3. The van der Waals surface area contributed by atoms with Gasteiger partial charge in [-0.2, -0.15) is 0 Å². The van der Waals surface area contributed by atoms with Crippen molar-refractivity contribution in [2.75, 3.05) is 0 Å². The summed E-state index contributed by atoms with van der Waals surface area (Å²) in [5.74, 6) is 0. The van der Waals surface area contributed by atoms with Gasteiger partial charge in [0.2, 0.25) is 0 Å². The van der Waals surface area contributed by atoms with E-state index in [0.29, 0.717) is 0 Å². The lowest BCUT2D eigenvalue weighted by molar-refractivity contribution is 0.670. The average Bonchev–Trinajstić information content (AvgIpc) is 3.66. The van der Waals surface area contributed by atoms with E-state index in [2.05, 4.69) is 120 Å². The molecule has 3 heterocycles. The third-order valence-electron chi connectivity index (χ3n) is 8.01.